The summed E-state index contributed by atoms with van der Waals surface area (Å²) in [4.78, 5) is 12.3. The molecule has 2 heterocycles. The van der Waals surface area contributed by atoms with E-state index in [1.54, 1.807) is 6.07 Å². The molecule has 1 aliphatic heterocycles. The van der Waals surface area contributed by atoms with Gasteiger partial charge in [0.2, 0.25) is 5.95 Å². The van der Waals surface area contributed by atoms with E-state index in [9.17, 15) is 8.78 Å². The number of anilines is 2. The van der Waals surface area contributed by atoms with Gasteiger partial charge in [-0.2, -0.15) is 4.98 Å². The molecule has 1 fully saturated rings. The lowest BCUT2D eigenvalue weighted by molar-refractivity contribution is 0.194. The monoisotopic (exact) mass is 353 g/mol. The lowest BCUT2D eigenvalue weighted by atomic mass is 10.1. The molecule has 8 heteroatoms. The number of piperazine rings is 1. The van der Waals surface area contributed by atoms with Gasteiger partial charge in [0.05, 0.1) is 0 Å². The van der Waals surface area contributed by atoms with Crippen molar-refractivity contribution in [2.45, 2.75) is 13.0 Å². The molecular weight excluding hydrogens is 336 g/mol. The van der Waals surface area contributed by atoms with Gasteiger partial charge < -0.3 is 10.6 Å². The van der Waals surface area contributed by atoms with Gasteiger partial charge >= 0.3 is 0 Å². The molecule has 1 aromatic heterocycles. The lowest BCUT2D eigenvalue weighted by Gasteiger charge is -2.38. The van der Waals surface area contributed by atoms with E-state index in [1.165, 1.54) is 12.1 Å². The molecule has 0 spiro atoms. The molecule has 2 aromatic rings. The number of benzene rings is 1. The average molecular weight is 354 g/mol. The van der Waals surface area contributed by atoms with E-state index < -0.39 is 11.6 Å². The molecule has 1 aliphatic rings. The van der Waals surface area contributed by atoms with Gasteiger partial charge in [-0.05, 0) is 13.0 Å². The van der Waals surface area contributed by atoms with E-state index in [0.717, 1.165) is 19.2 Å². The van der Waals surface area contributed by atoms with Gasteiger partial charge in [-0.1, -0.05) is 17.7 Å². The van der Waals surface area contributed by atoms with Crippen molar-refractivity contribution in [3.63, 3.8) is 0 Å². The molecular formula is C16H18ClF2N5. The van der Waals surface area contributed by atoms with Gasteiger partial charge in [0, 0.05) is 49.9 Å². The highest BCUT2D eigenvalue weighted by atomic mass is 35.5. The van der Waals surface area contributed by atoms with Crippen LogP contribution < -0.4 is 10.6 Å². The smallest absolute Gasteiger partial charge is 0.223 e. The maximum atomic E-state index is 14.0. The van der Waals surface area contributed by atoms with Gasteiger partial charge in [-0.25, -0.2) is 13.8 Å². The number of rotatable bonds is 3. The van der Waals surface area contributed by atoms with Gasteiger partial charge in [-0.3, -0.25) is 4.90 Å². The summed E-state index contributed by atoms with van der Waals surface area (Å²) in [6.07, 6.45) is 0. The summed E-state index contributed by atoms with van der Waals surface area (Å²) >= 11 is 5.92. The van der Waals surface area contributed by atoms with E-state index in [2.05, 4.69) is 19.8 Å². The minimum atomic E-state index is -0.563. The molecule has 1 saturated heterocycles. The molecule has 0 saturated carbocycles. The summed E-state index contributed by atoms with van der Waals surface area (Å²) in [5.41, 5.74) is 6.13. The summed E-state index contributed by atoms with van der Waals surface area (Å²) in [6.45, 7) is 4.78. The highest BCUT2D eigenvalue weighted by Gasteiger charge is 2.25. The Bertz CT molecular complexity index is 714. The van der Waals surface area contributed by atoms with Gasteiger partial charge in [0.15, 0.2) is 0 Å². The normalized spacial score (nSPS) is 17.1. The highest BCUT2D eigenvalue weighted by Crippen LogP contribution is 2.26. The summed E-state index contributed by atoms with van der Waals surface area (Å²) in [6, 6.07) is 5.26. The van der Waals surface area contributed by atoms with Crippen molar-refractivity contribution >= 4 is 23.4 Å². The predicted octanol–water partition coefficient (Wildman–Crippen LogP) is 2.87. The number of halogens is 3. The van der Waals surface area contributed by atoms with E-state index in [4.69, 9.17) is 17.3 Å². The summed E-state index contributed by atoms with van der Waals surface area (Å²) in [7, 11) is 0. The number of hydrogen-bond donors (Lipinski definition) is 1. The Morgan fingerprint density at radius 1 is 1.12 bits per heavy atom. The number of nitrogens with zero attached hydrogens (tertiary/aromatic N) is 4. The van der Waals surface area contributed by atoms with E-state index >= 15 is 0 Å². The molecule has 24 heavy (non-hydrogen) atoms. The standard InChI is InChI=1S/C16H18ClF2N5/c1-10(12-3-2-11(18)8-13(12)19)23-4-6-24(7-5-23)15-9-14(17)21-16(20)22-15/h2-3,8-10H,4-7H2,1H3,(H2,20,21,22). The van der Waals surface area contributed by atoms with Gasteiger partial charge in [0.25, 0.3) is 0 Å². The van der Waals surface area contributed by atoms with Crippen molar-refractivity contribution < 1.29 is 8.78 Å². The van der Waals surface area contributed by atoms with Crippen LogP contribution in [0, 0.1) is 11.6 Å². The third kappa shape index (κ3) is 3.57. The molecule has 0 aliphatic carbocycles. The van der Waals surface area contributed by atoms with Crippen LogP contribution >= 0.6 is 11.6 Å². The van der Waals surface area contributed by atoms with Crippen LogP contribution in [0.4, 0.5) is 20.5 Å². The number of nitrogen functional groups attached to an aromatic ring is 1. The predicted molar refractivity (Wildman–Crippen MR) is 90.0 cm³/mol. The molecule has 0 amide bonds. The SMILES string of the molecule is CC(c1ccc(F)cc1F)N1CCN(c2cc(Cl)nc(N)n2)CC1. The molecule has 128 valence electrons. The van der Waals surface area contributed by atoms with E-state index in [0.29, 0.717) is 29.6 Å². The highest BCUT2D eigenvalue weighted by molar-refractivity contribution is 6.29. The Hall–Kier alpha value is -1.99. The average Bonchev–Trinajstić information content (AvgIpc) is 2.53. The fraction of sp³-hybridized carbons (Fsp3) is 0.375. The van der Waals surface area contributed by atoms with Crippen molar-refractivity contribution in [2.24, 2.45) is 0 Å². The van der Waals surface area contributed by atoms with Crippen LogP contribution in [0.15, 0.2) is 24.3 Å². The fourth-order valence-corrected chi connectivity index (χ4v) is 3.14. The number of aromatic nitrogens is 2. The number of nitrogens with two attached hydrogens (primary N) is 1. The largest absolute Gasteiger partial charge is 0.368 e. The Kier molecular flexibility index (Phi) is 4.82. The van der Waals surface area contributed by atoms with Crippen LogP contribution in [0.3, 0.4) is 0 Å². The first-order chi connectivity index (χ1) is 11.4. The maximum Gasteiger partial charge on any atom is 0.223 e. The minimum absolute atomic E-state index is 0.133. The van der Waals surface area contributed by atoms with Gasteiger partial charge in [0.1, 0.15) is 22.6 Å². The second-order valence-electron chi connectivity index (χ2n) is 5.77. The fourth-order valence-electron chi connectivity index (χ4n) is 2.96. The molecule has 1 aromatic carbocycles. The van der Waals surface area contributed by atoms with E-state index in [-0.39, 0.29) is 12.0 Å². The molecule has 2 N–H and O–H groups in total. The summed E-state index contributed by atoms with van der Waals surface area (Å²) < 4.78 is 27.0. The molecule has 1 atom stereocenters. The Morgan fingerprint density at radius 2 is 1.83 bits per heavy atom. The third-order valence-electron chi connectivity index (χ3n) is 4.30. The third-order valence-corrected chi connectivity index (χ3v) is 4.49. The molecule has 3 rings (SSSR count). The molecule has 0 radical (unpaired) electrons. The Labute approximate surface area is 144 Å². The minimum Gasteiger partial charge on any atom is -0.368 e. The first kappa shape index (κ1) is 16.9. The van der Waals surface area contributed by atoms with Crippen molar-refractivity contribution in [3.05, 3.63) is 46.6 Å². The first-order valence-corrected chi connectivity index (χ1v) is 8.06. The van der Waals surface area contributed by atoms with Crippen molar-refractivity contribution in [1.82, 2.24) is 14.9 Å². The van der Waals surface area contributed by atoms with Crippen LogP contribution in [0.5, 0.6) is 0 Å². The first-order valence-electron chi connectivity index (χ1n) is 7.68. The Morgan fingerprint density at radius 3 is 2.46 bits per heavy atom. The van der Waals surface area contributed by atoms with Crippen LogP contribution in [-0.2, 0) is 0 Å². The maximum absolute atomic E-state index is 14.0. The van der Waals surface area contributed by atoms with Crippen LogP contribution in [0.1, 0.15) is 18.5 Å². The molecule has 5 nitrogen and oxygen atoms in total. The van der Waals surface area contributed by atoms with Crippen molar-refractivity contribution in [1.29, 1.82) is 0 Å². The zero-order valence-corrected chi connectivity index (χ0v) is 14.0. The Balaban J connectivity index is 1.68. The van der Waals surface area contributed by atoms with E-state index in [1.807, 2.05) is 6.92 Å². The second-order valence-corrected chi connectivity index (χ2v) is 6.16. The molecule has 1 unspecified atom stereocenters. The quantitative estimate of drug-likeness (QED) is 0.860. The van der Waals surface area contributed by atoms with Crippen molar-refractivity contribution in [2.75, 3.05) is 36.8 Å². The van der Waals surface area contributed by atoms with Gasteiger partial charge in [-0.15, -0.1) is 0 Å². The summed E-state index contributed by atoms with van der Waals surface area (Å²) in [5.74, 6) is -0.249. The lowest BCUT2D eigenvalue weighted by Crippen LogP contribution is -2.47. The second kappa shape index (κ2) is 6.86. The zero-order chi connectivity index (χ0) is 17.3. The zero-order valence-electron chi connectivity index (χ0n) is 13.2. The van der Waals surface area contributed by atoms with Crippen LogP contribution in [-0.4, -0.2) is 41.0 Å². The van der Waals surface area contributed by atoms with Crippen LogP contribution in [0.25, 0.3) is 0 Å². The summed E-state index contributed by atoms with van der Waals surface area (Å²) in [5, 5.41) is 0.307. The molecule has 0 bridgehead atoms. The number of hydrogen-bond acceptors (Lipinski definition) is 5. The topological polar surface area (TPSA) is 58.3 Å². The van der Waals surface area contributed by atoms with Crippen molar-refractivity contribution in [3.8, 4) is 0 Å². The van der Waals surface area contributed by atoms with Crippen LogP contribution in [0.2, 0.25) is 5.15 Å².